The highest BCUT2D eigenvalue weighted by molar-refractivity contribution is 5.96. The molecule has 2 unspecified atom stereocenters. The van der Waals surface area contributed by atoms with Gasteiger partial charge in [0.2, 0.25) is 0 Å². The average molecular weight is 440 g/mol. The van der Waals surface area contributed by atoms with Crippen LogP contribution in [0.25, 0.3) is 16.7 Å². The van der Waals surface area contributed by atoms with Gasteiger partial charge < -0.3 is 9.80 Å². The highest BCUT2D eigenvalue weighted by Gasteiger charge is 2.37. The molecule has 2 saturated heterocycles. The highest BCUT2D eigenvalue weighted by atomic mass is 16.2. The van der Waals surface area contributed by atoms with Gasteiger partial charge in [-0.25, -0.2) is 14.6 Å². The molecule has 3 aromatic heterocycles. The van der Waals surface area contributed by atoms with Crippen LogP contribution < -0.4 is 4.90 Å². The molecule has 5 heterocycles. The molecule has 2 fully saturated rings. The Hall–Kier alpha value is -3.81. The molecule has 0 radical (unpaired) electrons. The van der Waals surface area contributed by atoms with Crippen molar-refractivity contribution < 1.29 is 4.79 Å². The Balaban J connectivity index is 1.23. The third-order valence-corrected chi connectivity index (χ3v) is 6.60. The SMILES string of the molecule is Cc1ccc(-n2cccn2)c(C(=O)N2CC3CC(C2)CN(c2cnc4ccccc4n2)C3)n1. The zero-order valence-corrected chi connectivity index (χ0v) is 18.5. The molecule has 0 N–H and O–H groups in total. The van der Waals surface area contributed by atoms with E-state index in [1.54, 1.807) is 10.9 Å². The van der Waals surface area contributed by atoms with Crippen LogP contribution in [-0.4, -0.2) is 61.7 Å². The van der Waals surface area contributed by atoms with Crippen LogP contribution in [0.1, 0.15) is 22.6 Å². The minimum absolute atomic E-state index is 0.0159. The number of para-hydroxylation sites is 2. The molecule has 1 amide bonds. The van der Waals surface area contributed by atoms with Gasteiger partial charge in [0, 0.05) is 44.3 Å². The number of aryl methyl sites for hydroxylation is 1. The minimum Gasteiger partial charge on any atom is -0.355 e. The standard InChI is InChI=1S/C25H25N7O/c1-17-7-8-22(32-10-4-9-27-32)24(28-17)25(33)31-15-18-11-19(16-31)14-30(13-18)23-12-26-20-5-2-3-6-21(20)29-23/h2-10,12,18-19H,11,13-16H2,1H3. The molecule has 0 spiro atoms. The summed E-state index contributed by atoms with van der Waals surface area (Å²) in [6.07, 6.45) is 6.56. The van der Waals surface area contributed by atoms with E-state index in [0.717, 1.165) is 60.8 Å². The van der Waals surface area contributed by atoms with Crippen molar-refractivity contribution in [3.05, 3.63) is 72.4 Å². The van der Waals surface area contributed by atoms with Crippen LogP contribution >= 0.6 is 0 Å². The number of anilines is 1. The summed E-state index contributed by atoms with van der Waals surface area (Å²) < 4.78 is 1.71. The number of fused-ring (bicyclic) bond motifs is 3. The fourth-order valence-corrected chi connectivity index (χ4v) is 5.19. The fourth-order valence-electron chi connectivity index (χ4n) is 5.19. The number of likely N-dealkylation sites (tertiary alicyclic amines) is 1. The Morgan fingerprint density at radius 1 is 0.939 bits per heavy atom. The zero-order valence-electron chi connectivity index (χ0n) is 18.5. The molecule has 2 bridgehead atoms. The molecule has 166 valence electrons. The maximum absolute atomic E-state index is 13.6. The second-order valence-electron chi connectivity index (χ2n) is 9.07. The molecule has 0 aliphatic carbocycles. The van der Waals surface area contributed by atoms with Crippen LogP contribution in [-0.2, 0) is 0 Å². The first-order chi connectivity index (χ1) is 16.1. The summed E-state index contributed by atoms with van der Waals surface area (Å²) >= 11 is 0. The third kappa shape index (κ3) is 3.71. The van der Waals surface area contributed by atoms with Crippen molar-refractivity contribution >= 4 is 22.8 Å². The molecule has 8 nitrogen and oxygen atoms in total. The van der Waals surface area contributed by atoms with Crippen molar-refractivity contribution in [2.24, 2.45) is 11.8 Å². The number of hydrogen-bond donors (Lipinski definition) is 0. The molecule has 2 atom stereocenters. The lowest BCUT2D eigenvalue weighted by Gasteiger charge is -2.46. The van der Waals surface area contributed by atoms with E-state index in [0.29, 0.717) is 17.5 Å². The predicted molar refractivity (Wildman–Crippen MR) is 125 cm³/mol. The number of carbonyl (C=O) groups is 1. The number of amides is 1. The third-order valence-electron chi connectivity index (χ3n) is 6.60. The van der Waals surface area contributed by atoms with E-state index in [1.807, 2.05) is 66.7 Å². The Morgan fingerprint density at radius 2 is 1.73 bits per heavy atom. The number of rotatable bonds is 3. The summed E-state index contributed by atoms with van der Waals surface area (Å²) in [6, 6.07) is 13.7. The minimum atomic E-state index is -0.0159. The first-order valence-corrected chi connectivity index (χ1v) is 11.4. The molecule has 1 aromatic carbocycles. The number of aromatic nitrogens is 5. The van der Waals surface area contributed by atoms with E-state index in [-0.39, 0.29) is 5.91 Å². The molecule has 4 aromatic rings. The average Bonchev–Trinajstić information content (AvgIpc) is 3.37. The lowest BCUT2D eigenvalue weighted by molar-refractivity contribution is 0.0558. The number of piperidine rings is 2. The van der Waals surface area contributed by atoms with Crippen molar-refractivity contribution in [1.82, 2.24) is 29.6 Å². The summed E-state index contributed by atoms with van der Waals surface area (Å²) in [6.45, 7) is 5.11. The van der Waals surface area contributed by atoms with E-state index in [4.69, 9.17) is 4.98 Å². The number of benzene rings is 1. The van der Waals surface area contributed by atoms with Gasteiger partial charge in [-0.05, 0) is 55.5 Å². The van der Waals surface area contributed by atoms with Crippen molar-refractivity contribution in [3.8, 4) is 5.69 Å². The largest absolute Gasteiger partial charge is 0.355 e. The van der Waals surface area contributed by atoms with Gasteiger partial charge in [0.1, 0.15) is 5.82 Å². The van der Waals surface area contributed by atoms with E-state index < -0.39 is 0 Å². The summed E-state index contributed by atoms with van der Waals surface area (Å²) in [5, 5.41) is 4.31. The monoisotopic (exact) mass is 439 g/mol. The first kappa shape index (κ1) is 19.8. The van der Waals surface area contributed by atoms with Gasteiger partial charge in [0.25, 0.3) is 5.91 Å². The second-order valence-corrected chi connectivity index (χ2v) is 9.07. The maximum Gasteiger partial charge on any atom is 0.274 e. The van der Waals surface area contributed by atoms with E-state index in [9.17, 15) is 4.79 Å². The number of carbonyl (C=O) groups excluding carboxylic acids is 1. The summed E-state index contributed by atoms with van der Waals surface area (Å²) in [5.74, 6) is 1.70. The van der Waals surface area contributed by atoms with Crippen molar-refractivity contribution in [2.45, 2.75) is 13.3 Å². The van der Waals surface area contributed by atoms with Crippen molar-refractivity contribution in [1.29, 1.82) is 0 Å². The summed E-state index contributed by atoms with van der Waals surface area (Å²) in [5.41, 5.74) is 3.84. The van der Waals surface area contributed by atoms with Crippen LogP contribution in [0.2, 0.25) is 0 Å². The first-order valence-electron chi connectivity index (χ1n) is 11.4. The van der Waals surface area contributed by atoms with Gasteiger partial charge in [-0.1, -0.05) is 12.1 Å². The van der Waals surface area contributed by atoms with Crippen molar-refractivity contribution in [3.63, 3.8) is 0 Å². The Labute approximate surface area is 191 Å². The molecule has 2 aliphatic heterocycles. The number of nitrogens with zero attached hydrogens (tertiary/aromatic N) is 7. The molecule has 33 heavy (non-hydrogen) atoms. The molecule has 6 rings (SSSR count). The van der Waals surface area contributed by atoms with Crippen LogP contribution in [0.3, 0.4) is 0 Å². The fraction of sp³-hybridized carbons (Fsp3) is 0.320. The molecule has 8 heteroatoms. The smallest absolute Gasteiger partial charge is 0.274 e. The molecule has 0 saturated carbocycles. The van der Waals surface area contributed by atoms with Crippen LogP contribution in [0.4, 0.5) is 5.82 Å². The van der Waals surface area contributed by atoms with Gasteiger partial charge >= 0.3 is 0 Å². The van der Waals surface area contributed by atoms with E-state index in [2.05, 4.69) is 20.0 Å². The highest BCUT2D eigenvalue weighted by Crippen LogP contribution is 2.32. The number of hydrogen-bond acceptors (Lipinski definition) is 6. The van der Waals surface area contributed by atoms with Crippen LogP contribution in [0.15, 0.2) is 61.1 Å². The van der Waals surface area contributed by atoms with Gasteiger partial charge in [-0.15, -0.1) is 0 Å². The maximum atomic E-state index is 13.6. The zero-order chi connectivity index (χ0) is 22.4. The number of pyridine rings is 1. The molecule has 2 aliphatic rings. The summed E-state index contributed by atoms with van der Waals surface area (Å²) in [7, 11) is 0. The molecular formula is C25H25N7O. The lowest BCUT2D eigenvalue weighted by Crippen LogP contribution is -2.54. The van der Waals surface area contributed by atoms with E-state index >= 15 is 0 Å². The van der Waals surface area contributed by atoms with Crippen molar-refractivity contribution in [2.75, 3.05) is 31.1 Å². The van der Waals surface area contributed by atoms with Crippen LogP contribution in [0.5, 0.6) is 0 Å². The van der Waals surface area contributed by atoms with E-state index in [1.165, 1.54) is 0 Å². The topological polar surface area (TPSA) is 80.0 Å². The normalized spacial score (nSPS) is 20.3. The lowest BCUT2D eigenvalue weighted by atomic mass is 9.84. The Kier molecular flexibility index (Phi) is 4.78. The van der Waals surface area contributed by atoms with Gasteiger partial charge in [0.05, 0.1) is 22.9 Å². The van der Waals surface area contributed by atoms with Gasteiger partial charge in [-0.2, -0.15) is 5.10 Å². The summed E-state index contributed by atoms with van der Waals surface area (Å²) in [4.78, 5) is 31.9. The molecular weight excluding hydrogens is 414 g/mol. The van der Waals surface area contributed by atoms with Crippen LogP contribution in [0, 0.1) is 18.8 Å². The Bertz CT molecular complexity index is 1310. The Morgan fingerprint density at radius 3 is 2.48 bits per heavy atom. The van der Waals surface area contributed by atoms with Gasteiger partial charge in [0.15, 0.2) is 5.69 Å². The quantitative estimate of drug-likeness (QED) is 0.488. The predicted octanol–water partition coefficient (Wildman–Crippen LogP) is 3.12. The van der Waals surface area contributed by atoms with Gasteiger partial charge in [-0.3, -0.25) is 9.78 Å². The second kappa shape index (κ2) is 7.95.